The number of aromatic amines is 1. The quantitative estimate of drug-likeness (QED) is 0.786. The number of nitrogens with zero attached hydrogens (tertiary/aromatic N) is 1. The van der Waals surface area contributed by atoms with Crippen molar-refractivity contribution in [3.8, 4) is 11.8 Å². The lowest BCUT2D eigenvalue weighted by atomic mass is 10.1. The van der Waals surface area contributed by atoms with Crippen LogP contribution in [0.1, 0.15) is 26.3 Å². The van der Waals surface area contributed by atoms with Crippen LogP contribution < -0.4 is 10.9 Å². The molecule has 0 atom stereocenters. The maximum atomic E-state index is 11.5. The van der Waals surface area contributed by atoms with E-state index < -0.39 is 11.7 Å². The van der Waals surface area contributed by atoms with E-state index in [4.69, 9.17) is 4.74 Å². The summed E-state index contributed by atoms with van der Waals surface area (Å²) in [6.45, 7) is 5.56. The van der Waals surface area contributed by atoms with Gasteiger partial charge in [-0.25, -0.2) is 9.78 Å². The van der Waals surface area contributed by atoms with Crippen LogP contribution in [0.15, 0.2) is 29.3 Å². The summed E-state index contributed by atoms with van der Waals surface area (Å²) in [7, 11) is 0. The molecule has 1 amide bonds. The molecule has 0 aliphatic rings. The number of amides is 1. The van der Waals surface area contributed by atoms with Crippen LogP contribution >= 0.6 is 0 Å². The molecule has 0 aliphatic carbocycles. The first kappa shape index (κ1) is 15.6. The van der Waals surface area contributed by atoms with E-state index in [-0.39, 0.29) is 12.1 Å². The molecule has 0 fully saturated rings. The van der Waals surface area contributed by atoms with E-state index in [1.54, 1.807) is 39.0 Å². The summed E-state index contributed by atoms with van der Waals surface area (Å²) >= 11 is 0. The van der Waals surface area contributed by atoms with Crippen molar-refractivity contribution < 1.29 is 9.53 Å². The molecular weight excluding hydrogens is 282 g/mol. The first-order valence-electron chi connectivity index (χ1n) is 6.78. The highest BCUT2D eigenvalue weighted by molar-refractivity contribution is 5.78. The molecule has 6 heteroatoms. The van der Waals surface area contributed by atoms with Crippen LogP contribution in [-0.4, -0.2) is 28.2 Å². The molecule has 1 aromatic carbocycles. The largest absolute Gasteiger partial charge is 0.444 e. The Hall–Kier alpha value is -2.81. The lowest BCUT2D eigenvalue weighted by Crippen LogP contribution is -2.32. The van der Waals surface area contributed by atoms with Crippen LogP contribution in [0.4, 0.5) is 4.79 Å². The summed E-state index contributed by atoms with van der Waals surface area (Å²) in [5.41, 5.74) is 0.581. The van der Waals surface area contributed by atoms with Crippen molar-refractivity contribution in [2.45, 2.75) is 26.4 Å². The Balaban J connectivity index is 2.00. The van der Waals surface area contributed by atoms with Gasteiger partial charge in [0.25, 0.3) is 5.56 Å². The third-order valence-electron chi connectivity index (χ3n) is 2.59. The maximum Gasteiger partial charge on any atom is 0.408 e. The zero-order valence-electron chi connectivity index (χ0n) is 12.7. The van der Waals surface area contributed by atoms with Crippen molar-refractivity contribution in [1.29, 1.82) is 0 Å². The molecule has 1 heterocycles. The summed E-state index contributed by atoms with van der Waals surface area (Å²) in [5, 5.41) is 3.06. The number of fused-ring (bicyclic) bond motifs is 1. The minimum Gasteiger partial charge on any atom is -0.444 e. The Morgan fingerprint density at radius 3 is 2.91 bits per heavy atom. The number of benzene rings is 1. The Morgan fingerprint density at radius 2 is 2.18 bits per heavy atom. The molecule has 22 heavy (non-hydrogen) atoms. The van der Waals surface area contributed by atoms with Crippen molar-refractivity contribution in [2.75, 3.05) is 6.54 Å². The molecule has 2 aromatic rings. The van der Waals surface area contributed by atoms with E-state index in [0.717, 1.165) is 5.56 Å². The topological polar surface area (TPSA) is 84.1 Å². The molecule has 0 bridgehead atoms. The minimum atomic E-state index is -0.533. The van der Waals surface area contributed by atoms with E-state index in [1.807, 2.05) is 0 Å². The fourth-order valence-corrected chi connectivity index (χ4v) is 1.72. The third kappa shape index (κ3) is 4.35. The SMILES string of the molecule is CC(C)(C)OC(=O)NCC#Cc1ccc2c(=O)[nH]cnc2c1. The summed E-state index contributed by atoms with van der Waals surface area (Å²) < 4.78 is 5.09. The number of nitrogens with one attached hydrogen (secondary N) is 2. The van der Waals surface area contributed by atoms with E-state index in [0.29, 0.717) is 10.9 Å². The first-order chi connectivity index (χ1) is 10.3. The van der Waals surface area contributed by atoms with Crippen LogP contribution in [0.25, 0.3) is 10.9 Å². The average Bonchev–Trinajstić information content (AvgIpc) is 2.42. The molecule has 1 aromatic heterocycles. The smallest absolute Gasteiger partial charge is 0.408 e. The summed E-state index contributed by atoms with van der Waals surface area (Å²) in [6.07, 6.45) is 0.847. The highest BCUT2D eigenvalue weighted by atomic mass is 16.6. The van der Waals surface area contributed by atoms with E-state index in [9.17, 15) is 9.59 Å². The number of aromatic nitrogens is 2. The van der Waals surface area contributed by atoms with Crippen molar-refractivity contribution in [3.05, 3.63) is 40.4 Å². The molecule has 0 spiro atoms. The zero-order valence-corrected chi connectivity index (χ0v) is 12.7. The highest BCUT2D eigenvalue weighted by Crippen LogP contribution is 2.08. The molecule has 114 valence electrons. The van der Waals surface area contributed by atoms with Crippen molar-refractivity contribution >= 4 is 17.0 Å². The van der Waals surface area contributed by atoms with Gasteiger partial charge >= 0.3 is 6.09 Å². The van der Waals surface area contributed by atoms with Gasteiger partial charge in [0.05, 0.1) is 23.8 Å². The fraction of sp³-hybridized carbons (Fsp3) is 0.312. The number of alkyl carbamates (subject to hydrolysis) is 1. The van der Waals surface area contributed by atoms with Gasteiger partial charge in [-0.3, -0.25) is 4.79 Å². The third-order valence-corrected chi connectivity index (χ3v) is 2.59. The van der Waals surface area contributed by atoms with Crippen LogP contribution in [0.5, 0.6) is 0 Å². The molecule has 0 unspecified atom stereocenters. The van der Waals surface area contributed by atoms with Crippen LogP contribution in [0, 0.1) is 11.8 Å². The molecule has 6 nitrogen and oxygen atoms in total. The molecule has 0 saturated carbocycles. The predicted octanol–water partition coefficient (Wildman–Crippen LogP) is 1.80. The first-order valence-corrected chi connectivity index (χ1v) is 6.78. The minimum absolute atomic E-state index is 0.176. The van der Waals surface area contributed by atoms with E-state index >= 15 is 0 Å². The van der Waals surface area contributed by atoms with Gasteiger partial charge in [-0.05, 0) is 39.0 Å². The van der Waals surface area contributed by atoms with Gasteiger partial charge < -0.3 is 15.0 Å². The number of hydrogen-bond acceptors (Lipinski definition) is 4. The molecule has 2 rings (SSSR count). The molecule has 0 radical (unpaired) electrons. The number of hydrogen-bond donors (Lipinski definition) is 2. The summed E-state index contributed by atoms with van der Waals surface area (Å²) in [4.78, 5) is 29.6. The molecule has 2 N–H and O–H groups in total. The lowest BCUT2D eigenvalue weighted by molar-refractivity contribution is 0.0535. The summed E-state index contributed by atoms with van der Waals surface area (Å²) in [6, 6.07) is 5.14. The van der Waals surface area contributed by atoms with Crippen LogP contribution in [-0.2, 0) is 4.74 Å². The van der Waals surface area contributed by atoms with E-state index in [2.05, 4.69) is 27.1 Å². The van der Waals surface area contributed by atoms with Crippen LogP contribution in [0.3, 0.4) is 0 Å². The average molecular weight is 299 g/mol. The van der Waals surface area contributed by atoms with Gasteiger partial charge in [-0.2, -0.15) is 0 Å². The number of rotatable bonds is 1. The highest BCUT2D eigenvalue weighted by Gasteiger charge is 2.14. The summed E-state index contributed by atoms with van der Waals surface area (Å²) in [5.74, 6) is 5.72. The van der Waals surface area contributed by atoms with Gasteiger partial charge in [0.15, 0.2) is 0 Å². The number of carbonyl (C=O) groups is 1. The van der Waals surface area contributed by atoms with Crippen molar-refractivity contribution in [1.82, 2.24) is 15.3 Å². The number of H-pyrrole nitrogens is 1. The van der Waals surface area contributed by atoms with Crippen LogP contribution in [0.2, 0.25) is 0 Å². The predicted molar refractivity (Wildman–Crippen MR) is 83.5 cm³/mol. The monoisotopic (exact) mass is 299 g/mol. The van der Waals surface area contributed by atoms with Gasteiger partial charge in [0.2, 0.25) is 0 Å². The Kier molecular flexibility index (Phi) is 4.47. The zero-order chi connectivity index (χ0) is 16.2. The van der Waals surface area contributed by atoms with Gasteiger partial charge in [0, 0.05) is 5.56 Å². The van der Waals surface area contributed by atoms with Gasteiger partial charge in [-0.15, -0.1) is 0 Å². The molecule has 0 saturated heterocycles. The number of ether oxygens (including phenoxy) is 1. The second-order valence-corrected chi connectivity index (χ2v) is 5.62. The Labute approximate surface area is 127 Å². The maximum absolute atomic E-state index is 11.5. The molecule has 0 aliphatic heterocycles. The number of carbonyl (C=O) groups excluding carboxylic acids is 1. The van der Waals surface area contributed by atoms with Gasteiger partial charge in [-0.1, -0.05) is 11.8 Å². The Morgan fingerprint density at radius 1 is 1.41 bits per heavy atom. The van der Waals surface area contributed by atoms with E-state index in [1.165, 1.54) is 6.33 Å². The van der Waals surface area contributed by atoms with Crippen molar-refractivity contribution in [2.24, 2.45) is 0 Å². The standard InChI is InChI=1S/C16H17N3O3/c1-16(2,3)22-15(21)17-8-4-5-11-6-7-12-13(9-11)18-10-19-14(12)20/h6-7,9-10H,8H2,1-3H3,(H,17,21)(H,18,19,20). The van der Waals surface area contributed by atoms with Crippen molar-refractivity contribution in [3.63, 3.8) is 0 Å². The lowest BCUT2D eigenvalue weighted by Gasteiger charge is -2.18. The van der Waals surface area contributed by atoms with Gasteiger partial charge in [0.1, 0.15) is 5.60 Å². The fourth-order valence-electron chi connectivity index (χ4n) is 1.72. The Bertz CT molecular complexity index is 807. The second kappa shape index (κ2) is 6.31. The molecular formula is C16H17N3O3. The second-order valence-electron chi connectivity index (χ2n) is 5.62. The normalized spacial score (nSPS) is 10.7.